The molecule has 6 heteroatoms. The molecule has 0 fully saturated rings. The predicted molar refractivity (Wildman–Crippen MR) is 32.1 cm³/mol. The van der Waals surface area contributed by atoms with Crippen LogP contribution in [0.5, 0.6) is 0 Å². The molecule has 8 heavy (non-hydrogen) atoms. The quantitative estimate of drug-likeness (QED) is 0.588. The molecule has 0 aromatic rings. The lowest BCUT2D eigenvalue weighted by Gasteiger charge is -1.69. The van der Waals surface area contributed by atoms with Crippen LogP contribution < -0.4 is 0 Å². The molecule has 0 aromatic heterocycles. The van der Waals surface area contributed by atoms with Crippen molar-refractivity contribution < 1.29 is 17.6 Å². The van der Waals surface area contributed by atoms with E-state index in [1.807, 2.05) is 0 Å². The first kappa shape index (κ1) is 15.8. The van der Waals surface area contributed by atoms with Gasteiger partial charge in [0.2, 0.25) is 0 Å². The van der Waals surface area contributed by atoms with Crippen molar-refractivity contribution in [3.63, 3.8) is 0 Å². The first-order chi connectivity index (χ1) is 2.64. The fourth-order valence-electron chi connectivity index (χ4n) is 0. The van der Waals surface area contributed by atoms with Gasteiger partial charge in [0.1, 0.15) is 0 Å². The van der Waals surface area contributed by atoms with E-state index in [0.29, 0.717) is 0 Å². The lowest BCUT2D eigenvalue weighted by molar-refractivity contribution is 0.308. The van der Waals surface area contributed by atoms with E-state index < -0.39 is 12.2 Å². The number of hydrogen-bond donors (Lipinski definition) is 0. The van der Waals surface area contributed by atoms with Crippen LogP contribution in [-0.2, 0) is 0 Å². The molecule has 52 valence electrons. The second-order valence-electron chi connectivity index (χ2n) is 0.521. The van der Waals surface area contributed by atoms with Gasteiger partial charge < -0.3 is 0 Å². The van der Waals surface area contributed by atoms with E-state index >= 15 is 0 Å². The molecular formula is C2H2Br2F4. The van der Waals surface area contributed by atoms with Gasteiger partial charge in [0.25, 0.3) is 0 Å². The molecule has 0 bridgehead atoms. The van der Waals surface area contributed by atoms with Crippen LogP contribution in [-0.4, -0.2) is 0 Å². The fraction of sp³-hybridized carbons (Fsp3) is 0. The van der Waals surface area contributed by atoms with Gasteiger partial charge in [0, 0.05) is 0 Å². The van der Waals surface area contributed by atoms with Crippen LogP contribution in [0.15, 0.2) is 12.2 Å². The lowest BCUT2D eigenvalue weighted by atomic mass is 11.1. The second-order valence-corrected chi connectivity index (χ2v) is 0.521. The third-order valence-corrected chi connectivity index (χ3v) is 0.143. The molecule has 0 saturated heterocycles. The van der Waals surface area contributed by atoms with E-state index in [0.717, 1.165) is 0 Å². The van der Waals surface area contributed by atoms with Crippen molar-refractivity contribution in [3.05, 3.63) is 12.2 Å². The largest absolute Gasteiger partial charge is 0.334 e. The molecule has 0 amide bonds. The van der Waals surface area contributed by atoms with Crippen LogP contribution >= 0.6 is 34.0 Å². The molecule has 0 saturated carbocycles. The van der Waals surface area contributed by atoms with Crippen LogP contribution in [0, 0.1) is 0 Å². The van der Waals surface area contributed by atoms with Crippen LogP contribution in [0.25, 0.3) is 0 Å². The Kier molecular flexibility index (Phi) is 14.6. The highest BCUT2D eigenvalue weighted by Crippen LogP contribution is 2.08. The maximum absolute atomic E-state index is 10.3. The Hall–Kier alpha value is 0.420. The van der Waals surface area contributed by atoms with Crippen molar-refractivity contribution in [2.45, 2.75) is 0 Å². The molecule has 0 radical (unpaired) electrons. The van der Waals surface area contributed by atoms with Gasteiger partial charge in [-0.25, -0.2) is 0 Å². The summed E-state index contributed by atoms with van der Waals surface area (Å²) in [5, 5.41) is 0. The third kappa shape index (κ3) is 9.65. The van der Waals surface area contributed by atoms with E-state index in [1.54, 1.807) is 0 Å². The molecule has 0 rings (SSSR count). The maximum Gasteiger partial charge on any atom is 0.334 e. The molecule has 0 unspecified atom stereocenters. The Balaban J connectivity index is -0.000000125. The predicted octanol–water partition coefficient (Wildman–Crippen LogP) is 3.15. The van der Waals surface area contributed by atoms with E-state index in [9.17, 15) is 17.6 Å². The number of halogens is 6. The van der Waals surface area contributed by atoms with Crippen LogP contribution in [0.2, 0.25) is 0 Å². The molecule has 0 aliphatic heterocycles. The average molecular weight is 262 g/mol. The van der Waals surface area contributed by atoms with Gasteiger partial charge in [0.15, 0.2) is 0 Å². The molecule has 0 aliphatic rings. The zero-order chi connectivity index (χ0) is 5.15. The third-order valence-electron chi connectivity index (χ3n) is 0.143. The van der Waals surface area contributed by atoms with Crippen molar-refractivity contribution in [1.29, 1.82) is 0 Å². The Labute approximate surface area is 64.1 Å². The van der Waals surface area contributed by atoms with Gasteiger partial charge in [-0.15, -0.1) is 34.0 Å². The van der Waals surface area contributed by atoms with E-state index in [2.05, 4.69) is 0 Å². The normalized spacial score (nSPS) is 6.00. The van der Waals surface area contributed by atoms with Crippen molar-refractivity contribution in [2.75, 3.05) is 0 Å². The Morgan fingerprint density at radius 1 is 0.625 bits per heavy atom. The molecule has 0 N–H and O–H groups in total. The smallest absolute Gasteiger partial charge is 0.167 e. The molecule has 0 heterocycles. The van der Waals surface area contributed by atoms with E-state index in [4.69, 9.17) is 0 Å². The minimum Gasteiger partial charge on any atom is -0.167 e. The van der Waals surface area contributed by atoms with E-state index in [1.165, 1.54) is 0 Å². The summed E-state index contributed by atoms with van der Waals surface area (Å²) in [7, 11) is 0. The Morgan fingerprint density at radius 2 is 0.750 bits per heavy atom. The first-order valence-corrected chi connectivity index (χ1v) is 1.01. The summed E-state index contributed by atoms with van der Waals surface area (Å²) in [5.74, 6) is 0. The summed E-state index contributed by atoms with van der Waals surface area (Å²) in [5.41, 5.74) is 0. The van der Waals surface area contributed by atoms with Gasteiger partial charge in [-0.05, 0) is 0 Å². The molecule has 0 aliphatic carbocycles. The molecule has 0 spiro atoms. The average Bonchev–Trinajstić information content (AvgIpc) is 1.36. The first-order valence-electron chi connectivity index (χ1n) is 1.01. The van der Waals surface area contributed by atoms with Gasteiger partial charge in [-0.3, -0.25) is 0 Å². The molecule has 0 nitrogen and oxygen atoms in total. The minimum atomic E-state index is -2.91. The zero-order valence-corrected chi connectivity index (χ0v) is 6.75. The maximum atomic E-state index is 10.3. The van der Waals surface area contributed by atoms with E-state index in [-0.39, 0.29) is 34.0 Å². The SMILES string of the molecule is Br.Br.FC(F)=C(F)F. The highest BCUT2D eigenvalue weighted by Gasteiger charge is 1.98. The fourth-order valence-corrected chi connectivity index (χ4v) is 0. The van der Waals surface area contributed by atoms with Gasteiger partial charge >= 0.3 is 12.2 Å². The lowest BCUT2D eigenvalue weighted by Crippen LogP contribution is -1.56. The second kappa shape index (κ2) is 7.42. The molecule has 0 atom stereocenters. The standard InChI is InChI=1S/C2F4.2BrH/c3-1(4)2(5)6;;/h;2*1H. The number of rotatable bonds is 0. The highest BCUT2D eigenvalue weighted by molar-refractivity contribution is 8.93. The Morgan fingerprint density at radius 3 is 0.750 bits per heavy atom. The van der Waals surface area contributed by atoms with Crippen LogP contribution in [0.4, 0.5) is 17.6 Å². The van der Waals surface area contributed by atoms with Gasteiger partial charge in [-0.2, -0.15) is 17.6 Å². The zero-order valence-electron chi connectivity index (χ0n) is 3.33. The van der Waals surface area contributed by atoms with Gasteiger partial charge in [0.05, 0.1) is 0 Å². The van der Waals surface area contributed by atoms with Crippen molar-refractivity contribution in [1.82, 2.24) is 0 Å². The van der Waals surface area contributed by atoms with Gasteiger partial charge in [-0.1, -0.05) is 0 Å². The van der Waals surface area contributed by atoms with Crippen LogP contribution in [0.3, 0.4) is 0 Å². The summed E-state index contributed by atoms with van der Waals surface area (Å²) in [6.45, 7) is 0. The summed E-state index contributed by atoms with van der Waals surface area (Å²) in [4.78, 5) is 0. The molecule has 0 aromatic carbocycles. The van der Waals surface area contributed by atoms with Crippen molar-refractivity contribution >= 4 is 34.0 Å². The summed E-state index contributed by atoms with van der Waals surface area (Å²) in [6, 6.07) is 0. The number of hydrogen-bond acceptors (Lipinski definition) is 0. The summed E-state index contributed by atoms with van der Waals surface area (Å²) < 4.78 is 41.1. The van der Waals surface area contributed by atoms with Crippen LogP contribution in [0.1, 0.15) is 0 Å². The Bertz CT molecular complexity index is 62.1. The topological polar surface area (TPSA) is 0 Å². The monoisotopic (exact) mass is 260 g/mol. The summed E-state index contributed by atoms with van der Waals surface area (Å²) in [6.07, 6.45) is -5.81. The highest BCUT2D eigenvalue weighted by atomic mass is 79.9. The summed E-state index contributed by atoms with van der Waals surface area (Å²) >= 11 is 0. The minimum absolute atomic E-state index is 0. The van der Waals surface area contributed by atoms with Crippen molar-refractivity contribution in [2.24, 2.45) is 0 Å². The van der Waals surface area contributed by atoms with Crippen molar-refractivity contribution in [3.8, 4) is 0 Å². The molecular weight excluding hydrogens is 260 g/mol.